The third-order valence-corrected chi connectivity index (χ3v) is 3.47. The summed E-state index contributed by atoms with van der Waals surface area (Å²) in [5.41, 5.74) is 4.18. The first-order chi connectivity index (χ1) is 10.3. The van der Waals surface area contributed by atoms with Gasteiger partial charge in [0.1, 0.15) is 5.75 Å². The van der Waals surface area contributed by atoms with Crippen molar-refractivity contribution in [3.05, 3.63) is 78.4 Å². The van der Waals surface area contributed by atoms with Gasteiger partial charge in [0.2, 0.25) is 0 Å². The maximum absolute atomic E-state index is 11.6. The van der Waals surface area contributed by atoms with Crippen molar-refractivity contribution in [1.82, 2.24) is 0 Å². The Hall–Kier alpha value is -2.87. The molecule has 0 aromatic heterocycles. The van der Waals surface area contributed by atoms with E-state index in [4.69, 9.17) is 0 Å². The van der Waals surface area contributed by atoms with Gasteiger partial charge in [0.25, 0.3) is 0 Å². The lowest BCUT2D eigenvalue weighted by atomic mass is 9.92. The van der Waals surface area contributed by atoms with E-state index >= 15 is 0 Å². The first kappa shape index (κ1) is 13.1. The highest BCUT2D eigenvalue weighted by Gasteiger charge is 2.11. The molecule has 0 amide bonds. The van der Waals surface area contributed by atoms with Crippen molar-refractivity contribution in [2.24, 2.45) is 0 Å². The SMILES string of the molecule is O=Cc1c(-c2ccccc2)cccc1-c1cccc(O)c1. The van der Waals surface area contributed by atoms with Crippen LogP contribution in [0.3, 0.4) is 0 Å². The van der Waals surface area contributed by atoms with Crippen LogP contribution in [0.25, 0.3) is 22.3 Å². The Morgan fingerprint density at radius 3 is 2.00 bits per heavy atom. The van der Waals surface area contributed by atoms with Crippen LogP contribution in [-0.4, -0.2) is 11.4 Å². The summed E-state index contributed by atoms with van der Waals surface area (Å²) in [5.74, 6) is 0.189. The van der Waals surface area contributed by atoms with Gasteiger partial charge >= 0.3 is 0 Å². The van der Waals surface area contributed by atoms with Crippen molar-refractivity contribution >= 4 is 6.29 Å². The summed E-state index contributed by atoms with van der Waals surface area (Å²) in [5, 5.41) is 9.64. The first-order valence-electron chi connectivity index (χ1n) is 6.72. The van der Waals surface area contributed by atoms with Crippen molar-refractivity contribution < 1.29 is 9.90 Å². The number of hydrogen-bond acceptors (Lipinski definition) is 2. The van der Waals surface area contributed by atoms with E-state index in [-0.39, 0.29) is 5.75 Å². The maximum atomic E-state index is 11.6. The fourth-order valence-electron chi connectivity index (χ4n) is 2.49. The Labute approximate surface area is 123 Å². The van der Waals surface area contributed by atoms with Crippen molar-refractivity contribution in [3.8, 4) is 28.0 Å². The molecule has 1 N–H and O–H groups in total. The normalized spacial score (nSPS) is 10.3. The van der Waals surface area contributed by atoms with Crippen LogP contribution >= 0.6 is 0 Å². The van der Waals surface area contributed by atoms with E-state index < -0.39 is 0 Å². The summed E-state index contributed by atoms with van der Waals surface area (Å²) in [6.45, 7) is 0. The second-order valence-corrected chi connectivity index (χ2v) is 4.80. The number of carbonyl (C=O) groups excluding carboxylic acids is 1. The minimum Gasteiger partial charge on any atom is -0.508 e. The summed E-state index contributed by atoms with van der Waals surface area (Å²) in [4.78, 5) is 11.6. The van der Waals surface area contributed by atoms with E-state index in [1.807, 2.05) is 54.6 Å². The second-order valence-electron chi connectivity index (χ2n) is 4.80. The highest BCUT2D eigenvalue weighted by Crippen LogP contribution is 2.32. The summed E-state index contributed by atoms with van der Waals surface area (Å²) in [6, 6.07) is 22.5. The number of carbonyl (C=O) groups is 1. The Morgan fingerprint density at radius 2 is 1.33 bits per heavy atom. The van der Waals surface area contributed by atoms with Gasteiger partial charge in [-0.05, 0) is 34.4 Å². The van der Waals surface area contributed by atoms with E-state index in [9.17, 15) is 9.90 Å². The van der Waals surface area contributed by atoms with Crippen molar-refractivity contribution in [3.63, 3.8) is 0 Å². The molecule has 0 radical (unpaired) electrons. The van der Waals surface area contributed by atoms with Crippen LogP contribution in [0.2, 0.25) is 0 Å². The topological polar surface area (TPSA) is 37.3 Å². The molecule has 0 aliphatic rings. The zero-order valence-corrected chi connectivity index (χ0v) is 11.4. The minimum absolute atomic E-state index is 0.189. The molecule has 0 saturated carbocycles. The number of phenolic OH excluding ortho intramolecular Hbond substituents is 1. The van der Waals surface area contributed by atoms with Gasteiger partial charge in [-0.25, -0.2) is 0 Å². The third kappa shape index (κ3) is 2.56. The van der Waals surface area contributed by atoms with E-state index in [1.54, 1.807) is 18.2 Å². The smallest absolute Gasteiger partial charge is 0.151 e. The molecule has 0 aliphatic carbocycles. The number of phenols is 1. The maximum Gasteiger partial charge on any atom is 0.151 e. The van der Waals surface area contributed by atoms with Gasteiger partial charge in [-0.3, -0.25) is 4.79 Å². The molecule has 3 rings (SSSR count). The number of rotatable bonds is 3. The highest BCUT2D eigenvalue weighted by atomic mass is 16.3. The molecule has 3 aromatic rings. The zero-order chi connectivity index (χ0) is 14.7. The van der Waals surface area contributed by atoms with Crippen LogP contribution in [0.15, 0.2) is 72.8 Å². The summed E-state index contributed by atoms with van der Waals surface area (Å²) in [7, 11) is 0. The van der Waals surface area contributed by atoms with E-state index in [0.29, 0.717) is 5.56 Å². The third-order valence-electron chi connectivity index (χ3n) is 3.47. The van der Waals surface area contributed by atoms with E-state index in [0.717, 1.165) is 28.5 Å². The molecule has 0 unspecified atom stereocenters. The number of benzene rings is 3. The van der Waals surface area contributed by atoms with Crippen LogP contribution in [-0.2, 0) is 0 Å². The number of hydrogen-bond donors (Lipinski definition) is 1. The standard InChI is InChI=1S/C19H14O2/c20-13-19-17(14-6-2-1-3-7-14)10-5-11-18(19)15-8-4-9-16(21)12-15/h1-13,21H. The summed E-state index contributed by atoms with van der Waals surface area (Å²) in [6.07, 6.45) is 0.877. The largest absolute Gasteiger partial charge is 0.508 e. The van der Waals surface area contributed by atoms with Crippen LogP contribution in [0, 0.1) is 0 Å². The van der Waals surface area contributed by atoms with Gasteiger partial charge < -0.3 is 5.11 Å². The molecule has 102 valence electrons. The Morgan fingerprint density at radius 1 is 0.714 bits per heavy atom. The van der Waals surface area contributed by atoms with Gasteiger partial charge in [-0.1, -0.05) is 60.7 Å². The highest BCUT2D eigenvalue weighted by molar-refractivity contribution is 5.96. The average molecular weight is 274 g/mol. The van der Waals surface area contributed by atoms with Crippen LogP contribution in [0.1, 0.15) is 10.4 Å². The Balaban J connectivity index is 2.22. The molecule has 3 aromatic carbocycles. The molecular formula is C19H14O2. The van der Waals surface area contributed by atoms with Gasteiger partial charge in [-0.2, -0.15) is 0 Å². The molecule has 2 heteroatoms. The fourth-order valence-corrected chi connectivity index (χ4v) is 2.49. The molecule has 0 heterocycles. The molecule has 0 bridgehead atoms. The molecule has 0 aliphatic heterocycles. The minimum atomic E-state index is 0.189. The molecular weight excluding hydrogens is 260 g/mol. The Kier molecular flexibility index (Phi) is 3.52. The van der Waals surface area contributed by atoms with E-state index in [1.165, 1.54) is 0 Å². The monoisotopic (exact) mass is 274 g/mol. The molecule has 0 fully saturated rings. The average Bonchev–Trinajstić information content (AvgIpc) is 2.55. The van der Waals surface area contributed by atoms with Crippen LogP contribution in [0.4, 0.5) is 0 Å². The number of aldehydes is 1. The lowest BCUT2D eigenvalue weighted by Gasteiger charge is -2.11. The van der Waals surface area contributed by atoms with Gasteiger partial charge in [0, 0.05) is 5.56 Å². The number of aromatic hydroxyl groups is 1. The second kappa shape index (κ2) is 5.63. The quantitative estimate of drug-likeness (QED) is 0.712. The Bertz CT molecular complexity index is 777. The first-order valence-corrected chi connectivity index (χ1v) is 6.72. The van der Waals surface area contributed by atoms with Crippen molar-refractivity contribution in [2.45, 2.75) is 0 Å². The van der Waals surface area contributed by atoms with Crippen molar-refractivity contribution in [2.75, 3.05) is 0 Å². The van der Waals surface area contributed by atoms with Crippen LogP contribution < -0.4 is 0 Å². The zero-order valence-electron chi connectivity index (χ0n) is 11.4. The van der Waals surface area contributed by atoms with Crippen molar-refractivity contribution in [1.29, 1.82) is 0 Å². The van der Waals surface area contributed by atoms with E-state index in [2.05, 4.69) is 0 Å². The van der Waals surface area contributed by atoms with Gasteiger partial charge in [-0.15, -0.1) is 0 Å². The molecule has 2 nitrogen and oxygen atoms in total. The lowest BCUT2D eigenvalue weighted by molar-refractivity contribution is 0.112. The molecule has 0 saturated heterocycles. The summed E-state index contributed by atoms with van der Waals surface area (Å²) < 4.78 is 0. The lowest BCUT2D eigenvalue weighted by Crippen LogP contribution is -1.92. The molecule has 0 spiro atoms. The predicted octanol–water partition coefficient (Wildman–Crippen LogP) is 4.54. The van der Waals surface area contributed by atoms with Crippen LogP contribution in [0.5, 0.6) is 5.75 Å². The summed E-state index contributed by atoms with van der Waals surface area (Å²) >= 11 is 0. The van der Waals surface area contributed by atoms with Gasteiger partial charge in [0.15, 0.2) is 6.29 Å². The molecule has 21 heavy (non-hydrogen) atoms. The van der Waals surface area contributed by atoms with Gasteiger partial charge in [0.05, 0.1) is 0 Å². The molecule has 0 atom stereocenters. The predicted molar refractivity (Wildman–Crippen MR) is 84.4 cm³/mol. The fraction of sp³-hybridized carbons (Fsp3) is 0.